The van der Waals surface area contributed by atoms with Crippen LogP contribution in [0.5, 0.6) is 17.2 Å². The fourth-order valence-corrected chi connectivity index (χ4v) is 3.88. The van der Waals surface area contributed by atoms with E-state index in [1.807, 2.05) is 6.07 Å². The number of hydrogen-bond acceptors (Lipinski definition) is 6. The number of benzene rings is 3. The van der Waals surface area contributed by atoms with Gasteiger partial charge >= 0.3 is 5.97 Å². The van der Waals surface area contributed by atoms with Gasteiger partial charge in [-0.25, -0.2) is 9.18 Å². The van der Waals surface area contributed by atoms with Crippen LogP contribution in [0.3, 0.4) is 0 Å². The zero-order valence-corrected chi connectivity index (χ0v) is 18.4. The van der Waals surface area contributed by atoms with Crippen molar-refractivity contribution in [3.8, 4) is 23.3 Å². The van der Waals surface area contributed by atoms with Crippen molar-refractivity contribution in [3.05, 3.63) is 99.1 Å². The SMILES string of the molecule is N#CC1=C(N)Oc2cc(OC(=O)COc3ccc(Cl)cc3Cl)ccc2C1c1cccc(F)c1. The maximum Gasteiger partial charge on any atom is 0.349 e. The van der Waals surface area contributed by atoms with E-state index in [1.165, 1.54) is 30.3 Å². The lowest BCUT2D eigenvalue weighted by Crippen LogP contribution is -2.21. The Morgan fingerprint density at radius 1 is 1.15 bits per heavy atom. The van der Waals surface area contributed by atoms with E-state index in [-0.39, 0.29) is 33.7 Å². The number of esters is 1. The predicted octanol–water partition coefficient (Wildman–Crippen LogP) is 5.34. The van der Waals surface area contributed by atoms with E-state index < -0.39 is 24.3 Å². The molecular formula is C24H15Cl2FN2O4. The first-order valence-corrected chi connectivity index (χ1v) is 10.4. The first-order chi connectivity index (χ1) is 15.9. The van der Waals surface area contributed by atoms with Crippen molar-refractivity contribution in [2.75, 3.05) is 6.61 Å². The van der Waals surface area contributed by atoms with Crippen LogP contribution in [0.2, 0.25) is 10.0 Å². The zero-order valence-electron chi connectivity index (χ0n) is 16.8. The molecule has 2 N–H and O–H groups in total. The standard InChI is InChI=1S/C24H15Cl2FN2O4/c25-14-4-7-20(19(26)9-14)31-12-22(30)32-16-5-6-17-21(10-16)33-24(29)18(11-28)23(17)13-2-1-3-15(27)8-13/h1-10,23H,12,29H2. The van der Waals surface area contributed by atoms with Gasteiger partial charge in [0.05, 0.1) is 10.9 Å². The van der Waals surface area contributed by atoms with Crippen LogP contribution in [0.1, 0.15) is 17.0 Å². The highest BCUT2D eigenvalue weighted by molar-refractivity contribution is 6.35. The van der Waals surface area contributed by atoms with E-state index >= 15 is 0 Å². The highest BCUT2D eigenvalue weighted by Crippen LogP contribution is 2.43. The molecule has 166 valence electrons. The summed E-state index contributed by atoms with van der Waals surface area (Å²) in [5, 5.41) is 10.3. The van der Waals surface area contributed by atoms with Gasteiger partial charge in [-0.05, 0) is 42.0 Å². The second kappa shape index (κ2) is 9.41. The van der Waals surface area contributed by atoms with Gasteiger partial charge in [-0.3, -0.25) is 0 Å². The summed E-state index contributed by atoms with van der Waals surface area (Å²) in [5.74, 6) is -1.12. The predicted molar refractivity (Wildman–Crippen MR) is 120 cm³/mol. The summed E-state index contributed by atoms with van der Waals surface area (Å²) in [7, 11) is 0. The van der Waals surface area contributed by atoms with Crippen molar-refractivity contribution in [2.24, 2.45) is 5.73 Å². The summed E-state index contributed by atoms with van der Waals surface area (Å²) in [6.45, 7) is -0.397. The molecule has 1 aliphatic rings. The Balaban J connectivity index is 1.54. The lowest BCUT2D eigenvalue weighted by Gasteiger charge is -2.26. The number of allylic oxidation sites excluding steroid dienone is 1. The molecule has 0 bridgehead atoms. The molecular weight excluding hydrogens is 470 g/mol. The van der Waals surface area contributed by atoms with E-state index in [0.717, 1.165) is 0 Å². The van der Waals surface area contributed by atoms with Gasteiger partial charge in [-0.1, -0.05) is 41.4 Å². The topological polar surface area (TPSA) is 94.6 Å². The molecule has 0 aromatic heterocycles. The lowest BCUT2D eigenvalue weighted by molar-refractivity contribution is -0.136. The van der Waals surface area contributed by atoms with E-state index in [4.69, 9.17) is 43.1 Å². The molecule has 1 unspecified atom stereocenters. The average molecular weight is 485 g/mol. The molecule has 3 aromatic carbocycles. The van der Waals surface area contributed by atoms with Crippen LogP contribution in [0.15, 0.2) is 72.1 Å². The summed E-state index contributed by atoms with van der Waals surface area (Å²) >= 11 is 11.9. The Hall–Kier alpha value is -3.73. The Labute approximate surface area is 198 Å². The molecule has 9 heteroatoms. The minimum atomic E-state index is -0.681. The fourth-order valence-electron chi connectivity index (χ4n) is 3.42. The molecule has 1 aliphatic heterocycles. The number of nitrogens with two attached hydrogens (primary N) is 1. The molecule has 6 nitrogen and oxygen atoms in total. The summed E-state index contributed by atoms with van der Waals surface area (Å²) in [6.07, 6.45) is 0. The molecule has 33 heavy (non-hydrogen) atoms. The third-order valence-electron chi connectivity index (χ3n) is 4.84. The Morgan fingerprint density at radius 3 is 2.70 bits per heavy atom. The van der Waals surface area contributed by atoms with E-state index in [2.05, 4.69) is 0 Å². The van der Waals surface area contributed by atoms with Crippen LogP contribution in [0, 0.1) is 17.1 Å². The number of rotatable bonds is 5. The molecule has 3 aromatic rings. The quantitative estimate of drug-likeness (QED) is 0.388. The van der Waals surface area contributed by atoms with Crippen molar-refractivity contribution in [2.45, 2.75) is 5.92 Å². The molecule has 1 atom stereocenters. The third kappa shape index (κ3) is 4.87. The summed E-state index contributed by atoms with van der Waals surface area (Å²) < 4.78 is 30.1. The van der Waals surface area contributed by atoms with E-state index in [1.54, 1.807) is 30.3 Å². The summed E-state index contributed by atoms with van der Waals surface area (Å²) in [5.41, 5.74) is 7.23. The van der Waals surface area contributed by atoms with Crippen LogP contribution in [0.4, 0.5) is 4.39 Å². The van der Waals surface area contributed by atoms with Crippen LogP contribution in [-0.2, 0) is 4.79 Å². The number of carbonyl (C=O) groups is 1. The van der Waals surface area contributed by atoms with Gasteiger partial charge in [0.25, 0.3) is 0 Å². The molecule has 0 amide bonds. The van der Waals surface area contributed by atoms with Gasteiger partial charge in [0.1, 0.15) is 34.7 Å². The first-order valence-electron chi connectivity index (χ1n) is 9.61. The second-order valence-electron chi connectivity index (χ2n) is 7.02. The summed E-state index contributed by atoms with van der Waals surface area (Å²) in [4.78, 5) is 12.2. The number of ether oxygens (including phenoxy) is 3. The van der Waals surface area contributed by atoms with Crippen LogP contribution in [0.25, 0.3) is 0 Å². The Morgan fingerprint density at radius 2 is 1.97 bits per heavy atom. The van der Waals surface area contributed by atoms with Crippen molar-refractivity contribution in [3.63, 3.8) is 0 Å². The molecule has 0 saturated carbocycles. The number of fused-ring (bicyclic) bond motifs is 1. The highest BCUT2D eigenvalue weighted by Gasteiger charge is 2.31. The third-order valence-corrected chi connectivity index (χ3v) is 5.37. The van der Waals surface area contributed by atoms with Crippen molar-refractivity contribution in [1.82, 2.24) is 0 Å². The number of hydrogen-bond donors (Lipinski definition) is 1. The second-order valence-corrected chi connectivity index (χ2v) is 7.86. The smallest absolute Gasteiger partial charge is 0.349 e. The first kappa shape index (κ1) is 22.5. The molecule has 0 spiro atoms. The fraction of sp³-hybridized carbons (Fsp3) is 0.0833. The maximum atomic E-state index is 13.8. The normalized spacial score (nSPS) is 14.7. The molecule has 0 saturated heterocycles. The Bertz CT molecular complexity index is 1320. The van der Waals surface area contributed by atoms with E-state index in [9.17, 15) is 14.4 Å². The van der Waals surface area contributed by atoms with Gasteiger partial charge in [0.15, 0.2) is 6.61 Å². The zero-order chi connectivity index (χ0) is 23.5. The van der Waals surface area contributed by atoms with Crippen molar-refractivity contribution < 1.29 is 23.4 Å². The maximum absolute atomic E-state index is 13.8. The van der Waals surface area contributed by atoms with Crippen LogP contribution >= 0.6 is 23.2 Å². The Kier molecular flexibility index (Phi) is 6.40. The number of halogens is 3. The van der Waals surface area contributed by atoms with Crippen molar-refractivity contribution >= 4 is 29.2 Å². The highest BCUT2D eigenvalue weighted by atomic mass is 35.5. The van der Waals surface area contributed by atoms with Gasteiger partial charge in [-0.2, -0.15) is 5.26 Å². The van der Waals surface area contributed by atoms with Crippen LogP contribution < -0.4 is 19.9 Å². The van der Waals surface area contributed by atoms with Gasteiger partial charge < -0.3 is 19.9 Å². The molecule has 4 rings (SSSR count). The van der Waals surface area contributed by atoms with Crippen molar-refractivity contribution in [1.29, 1.82) is 5.26 Å². The molecule has 0 radical (unpaired) electrons. The largest absolute Gasteiger partial charge is 0.480 e. The summed E-state index contributed by atoms with van der Waals surface area (Å²) in [6, 6.07) is 17.2. The molecule has 0 fully saturated rings. The van der Waals surface area contributed by atoms with E-state index in [0.29, 0.717) is 16.1 Å². The minimum Gasteiger partial charge on any atom is -0.480 e. The van der Waals surface area contributed by atoms with Gasteiger partial charge in [0.2, 0.25) is 5.88 Å². The van der Waals surface area contributed by atoms with Gasteiger partial charge in [0, 0.05) is 16.7 Å². The molecule has 0 aliphatic carbocycles. The van der Waals surface area contributed by atoms with Gasteiger partial charge in [-0.15, -0.1) is 0 Å². The average Bonchev–Trinajstić information content (AvgIpc) is 2.77. The number of nitriles is 1. The minimum absolute atomic E-state index is 0.108. The number of nitrogens with zero attached hydrogens (tertiary/aromatic N) is 1. The number of carbonyl (C=O) groups excluding carboxylic acids is 1. The lowest BCUT2D eigenvalue weighted by atomic mass is 9.83. The molecule has 1 heterocycles. The monoisotopic (exact) mass is 484 g/mol. The van der Waals surface area contributed by atoms with Crippen LogP contribution in [-0.4, -0.2) is 12.6 Å².